The van der Waals surface area contributed by atoms with Gasteiger partial charge in [0.15, 0.2) is 0 Å². The molecule has 1 N–H and O–H groups in total. The lowest BCUT2D eigenvalue weighted by Crippen LogP contribution is -2.24. The van der Waals surface area contributed by atoms with Gasteiger partial charge in [-0.1, -0.05) is 36.8 Å². The Morgan fingerprint density at radius 3 is 2.56 bits per heavy atom. The van der Waals surface area contributed by atoms with Gasteiger partial charge < -0.3 is 9.88 Å². The fourth-order valence-electron chi connectivity index (χ4n) is 2.13. The van der Waals surface area contributed by atoms with E-state index in [1.165, 1.54) is 11.1 Å². The van der Waals surface area contributed by atoms with Crippen LogP contribution in [0.25, 0.3) is 0 Å². The highest BCUT2D eigenvalue weighted by Gasteiger charge is 2.13. The Bertz CT molecular complexity index is 485. The number of aryl methyl sites for hydroxylation is 2. The third-order valence-electron chi connectivity index (χ3n) is 3.24. The van der Waals surface area contributed by atoms with Crippen molar-refractivity contribution in [1.82, 2.24) is 14.9 Å². The topological polar surface area (TPSA) is 29.9 Å². The highest BCUT2D eigenvalue weighted by Crippen LogP contribution is 2.18. The lowest BCUT2D eigenvalue weighted by atomic mass is 10.0. The van der Waals surface area contributed by atoms with Crippen LogP contribution in [-0.4, -0.2) is 16.1 Å². The third-order valence-corrected chi connectivity index (χ3v) is 3.24. The average Bonchev–Trinajstić information content (AvgIpc) is 2.76. The first kappa shape index (κ1) is 12.8. The van der Waals surface area contributed by atoms with Crippen molar-refractivity contribution in [3.05, 3.63) is 53.6 Å². The Hall–Kier alpha value is -1.61. The highest BCUT2D eigenvalue weighted by molar-refractivity contribution is 5.25. The van der Waals surface area contributed by atoms with Crippen molar-refractivity contribution >= 4 is 0 Å². The van der Waals surface area contributed by atoms with Crippen LogP contribution in [0.2, 0.25) is 0 Å². The molecule has 0 aliphatic heterocycles. The fraction of sp³-hybridized carbons (Fsp3) is 0.400. The molecule has 0 aliphatic rings. The van der Waals surface area contributed by atoms with Crippen LogP contribution in [0.15, 0.2) is 36.7 Å². The summed E-state index contributed by atoms with van der Waals surface area (Å²) in [6.45, 7) is 5.22. The van der Waals surface area contributed by atoms with Crippen LogP contribution in [0.1, 0.15) is 29.9 Å². The number of rotatable bonds is 5. The summed E-state index contributed by atoms with van der Waals surface area (Å²) < 4.78 is 2.08. The molecular formula is C15H21N3. The van der Waals surface area contributed by atoms with Crippen LogP contribution >= 0.6 is 0 Å². The second-order valence-corrected chi connectivity index (χ2v) is 4.68. The molecule has 0 aliphatic carbocycles. The maximum absolute atomic E-state index is 4.40. The van der Waals surface area contributed by atoms with Gasteiger partial charge in [0.25, 0.3) is 0 Å². The standard InChI is InChI=1S/C15H21N3/c1-4-16-14(11-15-17-9-10-18(15)3)13-7-5-12(2)6-8-13/h5-10,14,16H,4,11H2,1-3H3. The molecule has 0 radical (unpaired) electrons. The summed E-state index contributed by atoms with van der Waals surface area (Å²) in [7, 11) is 2.04. The van der Waals surface area contributed by atoms with Crippen LogP contribution in [0.3, 0.4) is 0 Å². The molecule has 96 valence electrons. The van der Waals surface area contributed by atoms with E-state index < -0.39 is 0 Å². The Balaban J connectivity index is 2.18. The van der Waals surface area contributed by atoms with Crippen molar-refractivity contribution in [3.8, 4) is 0 Å². The van der Waals surface area contributed by atoms with Crippen molar-refractivity contribution in [3.63, 3.8) is 0 Å². The summed E-state index contributed by atoms with van der Waals surface area (Å²) in [5.41, 5.74) is 2.62. The van der Waals surface area contributed by atoms with Gasteiger partial charge in [0.1, 0.15) is 5.82 Å². The van der Waals surface area contributed by atoms with E-state index in [2.05, 4.69) is 53.0 Å². The molecule has 1 unspecified atom stereocenters. The van der Waals surface area contributed by atoms with Gasteiger partial charge in [0.05, 0.1) is 0 Å². The SMILES string of the molecule is CCNC(Cc1nccn1C)c1ccc(C)cc1. The van der Waals surface area contributed by atoms with Gasteiger partial charge >= 0.3 is 0 Å². The summed E-state index contributed by atoms with van der Waals surface area (Å²) in [4.78, 5) is 4.40. The Morgan fingerprint density at radius 2 is 2.00 bits per heavy atom. The molecule has 0 amide bonds. The smallest absolute Gasteiger partial charge is 0.110 e. The first-order valence-corrected chi connectivity index (χ1v) is 6.47. The van der Waals surface area contributed by atoms with Gasteiger partial charge in [-0.25, -0.2) is 4.98 Å². The molecule has 0 fully saturated rings. The van der Waals surface area contributed by atoms with Crippen LogP contribution < -0.4 is 5.32 Å². The Kier molecular flexibility index (Phi) is 4.15. The quantitative estimate of drug-likeness (QED) is 0.875. The zero-order valence-electron chi connectivity index (χ0n) is 11.4. The molecule has 1 aromatic heterocycles. The first-order chi connectivity index (χ1) is 8.70. The van der Waals surface area contributed by atoms with Crippen molar-refractivity contribution in [2.45, 2.75) is 26.3 Å². The first-order valence-electron chi connectivity index (χ1n) is 6.47. The van der Waals surface area contributed by atoms with Crippen molar-refractivity contribution in [1.29, 1.82) is 0 Å². The number of imidazole rings is 1. The molecule has 1 heterocycles. The second-order valence-electron chi connectivity index (χ2n) is 4.68. The Labute approximate surface area is 109 Å². The van der Waals surface area contributed by atoms with Crippen molar-refractivity contribution < 1.29 is 0 Å². The van der Waals surface area contributed by atoms with E-state index in [1.807, 2.05) is 19.4 Å². The molecule has 0 bridgehead atoms. The van der Waals surface area contributed by atoms with Crippen molar-refractivity contribution in [2.24, 2.45) is 7.05 Å². The second kappa shape index (κ2) is 5.83. The average molecular weight is 243 g/mol. The van der Waals surface area contributed by atoms with E-state index in [9.17, 15) is 0 Å². The number of hydrogen-bond acceptors (Lipinski definition) is 2. The number of hydrogen-bond donors (Lipinski definition) is 1. The maximum atomic E-state index is 4.40. The minimum Gasteiger partial charge on any atom is -0.338 e. The third kappa shape index (κ3) is 2.99. The summed E-state index contributed by atoms with van der Waals surface area (Å²) >= 11 is 0. The largest absolute Gasteiger partial charge is 0.338 e. The molecule has 1 aromatic carbocycles. The molecular weight excluding hydrogens is 222 g/mol. The van der Waals surface area contributed by atoms with E-state index in [4.69, 9.17) is 0 Å². The lowest BCUT2D eigenvalue weighted by molar-refractivity contribution is 0.529. The van der Waals surface area contributed by atoms with E-state index in [-0.39, 0.29) is 0 Å². The molecule has 18 heavy (non-hydrogen) atoms. The normalized spacial score (nSPS) is 12.6. The summed E-state index contributed by atoms with van der Waals surface area (Å²) in [6, 6.07) is 9.06. The number of nitrogens with zero attached hydrogens (tertiary/aromatic N) is 2. The monoisotopic (exact) mass is 243 g/mol. The van der Waals surface area contributed by atoms with Crippen LogP contribution in [0, 0.1) is 6.92 Å². The molecule has 2 aromatic rings. The van der Waals surface area contributed by atoms with Gasteiger partial charge in [-0.3, -0.25) is 0 Å². The van der Waals surface area contributed by atoms with E-state index in [0.717, 1.165) is 18.8 Å². The maximum Gasteiger partial charge on any atom is 0.110 e. The molecule has 0 saturated heterocycles. The number of benzene rings is 1. The van der Waals surface area contributed by atoms with Crippen LogP contribution in [-0.2, 0) is 13.5 Å². The van der Waals surface area contributed by atoms with Crippen LogP contribution in [0.5, 0.6) is 0 Å². The van der Waals surface area contributed by atoms with E-state index in [1.54, 1.807) is 0 Å². The van der Waals surface area contributed by atoms with Gasteiger partial charge in [-0.2, -0.15) is 0 Å². The number of likely N-dealkylation sites (N-methyl/N-ethyl adjacent to an activating group) is 1. The summed E-state index contributed by atoms with van der Waals surface area (Å²) in [5.74, 6) is 1.11. The van der Waals surface area contributed by atoms with Gasteiger partial charge in [0.2, 0.25) is 0 Å². The Morgan fingerprint density at radius 1 is 1.28 bits per heavy atom. The highest BCUT2D eigenvalue weighted by atomic mass is 15.0. The predicted octanol–water partition coefficient (Wildman–Crippen LogP) is 2.62. The predicted molar refractivity (Wildman–Crippen MR) is 74.5 cm³/mol. The minimum absolute atomic E-state index is 0.330. The summed E-state index contributed by atoms with van der Waals surface area (Å²) in [5, 5.41) is 3.53. The summed E-state index contributed by atoms with van der Waals surface area (Å²) in [6.07, 6.45) is 4.77. The van der Waals surface area contributed by atoms with E-state index in [0.29, 0.717) is 6.04 Å². The lowest BCUT2D eigenvalue weighted by Gasteiger charge is -2.18. The molecule has 1 atom stereocenters. The van der Waals surface area contributed by atoms with Crippen molar-refractivity contribution in [2.75, 3.05) is 6.54 Å². The molecule has 3 heteroatoms. The van der Waals surface area contributed by atoms with Gasteiger partial charge in [0, 0.05) is 31.9 Å². The fourth-order valence-corrected chi connectivity index (χ4v) is 2.13. The number of nitrogens with one attached hydrogen (secondary N) is 1. The zero-order valence-corrected chi connectivity index (χ0v) is 11.4. The minimum atomic E-state index is 0.330. The van der Waals surface area contributed by atoms with Gasteiger partial charge in [-0.15, -0.1) is 0 Å². The van der Waals surface area contributed by atoms with E-state index >= 15 is 0 Å². The zero-order chi connectivity index (χ0) is 13.0. The number of aromatic nitrogens is 2. The molecule has 0 saturated carbocycles. The molecule has 3 nitrogen and oxygen atoms in total. The van der Waals surface area contributed by atoms with Gasteiger partial charge in [-0.05, 0) is 19.0 Å². The molecule has 0 spiro atoms. The van der Waals surface area contributed by atoms with Crippen LogP contribution in [0.4, 0.5) is 0 Å². The molecule has 2 rings (SSSR count).